The molecule has 4 aromatic rings. The Labute approximate surface area is 169 Å². The molecule has 148 valence electrons. The molecular weight excluding hydrogens is 340 g/mol. The van der Waals surface area contributed by atoms with Crippen LogP contribution in [0.15, 0.2) is 48.5 Å². The average molecular weight is 375 g/mol. The molecule has 2 nitrogen and oxygen atoms in total. The molecule has 0 aliphatic rings. The Bertz CT molecular complexity index is 965. The van der Waals surface area contributed by atoms with Gasteiger partial charge in [-0.25, -0.2) is 0 Å². The Morgan fingerprint density at radius 3 is 1.39 bits per heavy atom. The van der Waals surface area contributed by atoms with Crippen molar-refractivity contribution in [2.45, 2.75) is 78.3 Å². The van der Waals surface area contributed by atoms with Gasteiger partial charge in [-0.1, -0.05) is 88.8 Å². The summed E-state index contributed by atoms with van der Waals surface area (Å²) >= 11 is 0. The SMILES string of the molecule is CCCCCCn1c2ccccc2c2c1c1ccccc1n2CCCCCC. The molecular formula is C26H34N2. The van der Waals surface area contributed by atoms with Crippen LogP contribution in [0.2, 0.25) is 0 Å². The monoisotopic (exact) mass is 374 g/mol. The fourth-order valence-electron chi connectivity index (χ4n) is 4.72. The number of aryl methyl sites for hydroxylation is 2. The Morgan fingerprint density at radius 2 is 0.964 bits per heavy atom. The van der Waals surface area contributed by atoms with Crippen molar-refractivity contribution in [2.75, 3.05) is 0 Å². The van der Waals surface area contributed by atoms with Gasteiger partial charge in [-0.3, -0.25) is 0 Å². The number of hydrogen-bond acceptors (Lipinski definition) is 0. The molecule has 2 aromatic heterocycles. The first-order valence-electron chi connectivity index (χ1n) is 11.3. The third-order valence-corrected chi connectivity index (χ3v) is 6.13. The van der Waals surface area contributed by atoms with Gasteiger partial charge in [0, 0.05) is 23.9 Å². The van der Waals surface area contributed by atoms with Crippen molar-refractivity contribution in [1.29, 1.82) is 0 Å². The summed E-state index contributed by atoms with van der Waals surface area (Å²) in [4.78, 5) is 0. The van der Waals surface area contributed by atoms with E-state index in [0.717, 1.165) is 13.1 Å². The zero-order valence-corrected chi connectivity index (χ0v) is 17.6. The molecule has 0 amide bonds. The van der Waals surface area contributed by atoms with Gasteiger partial charge in [0.25, 0.3) is 0 Å². The quantitative estimate of drug-likeness (QED) is 0.250. The highest BCUT2D eigenvalue weighted by atomic mass is 15.1. The zero-order chi connectivity index (χ0) is 19.3. The van der Waals surface area contributed by atoms with Crippen molar-refractivity contribution in [2.24, 2.45) is 0 Å². The van der Waals surface area contributed by atoms with Gasteiger partial charge in [0.05, 0.1) is 22.1 Å². The van der Waals surface area contributed by atoms with Crippen molar-refractivity contribution in [3.8, 4) is 0 Å². The van der Waals surface area contributed by atoms with Gasteiger partial charge < -0.3 is 9.13 Å². The molecule has 4 rings (SSSR count). The van der Waals surface area contributed by atoms with Crippen molar-refractivity contribution in [1.82, 2.24) is 9.13 Å². The lowest BCUT2D eigenvalue weighted by Crippen LogP contribution is -1.97. The van der Waals surface area contributed by atoms with E-state index in [1.807, 2.05) is 0 Å². The van der Waals surface area contributed by atoms with E-state index in [4.69, 9.17) is 0 Å². The molecule has 2 aromatic carbocycles. The van der Waals surface area contributed by atoms with Gasteiger partial charge in [0.2, 0.25) is 0 Å². The van der Waals surface area contributed by atoms with Crippen LogP contribution < -0.4 is 0 Å². The molecule has 0 unspecified atom stereocenters. The second kappa shape index (κ2) is 8.86. The van der Waals surface area contributed by atoms with E-state index in [-0.39, 0.29) is 0 Å². The van der Waals surface area contributed by atoms with E-state index in [1.165, 1.54) is 84.2 Å². The second-order valence-electron chi connectivity index (χ2n) is 8.16. The third-order valence-electron chi connectivity index (χ3n) is 6.13. The Kier molecular flexibility index (Phi) is 6.04. The summed E-state index contributed by atoms with van der Waals surface area (Å²) in [6.45, 7) is 6.81. The molecule has 0 aliphatic heterocycles. The average Bonchev–Trinajstić information content (AvgIpc) is 3.22. The summed E-state index contributed by atoms with van der Waals surface area (Å²) in [5.74, 6) is 0. The van der Waals surface area contributed by atoms with Crippen LogP contribution in [0.25, 0.3) is 32.8 Å². The first-order chi connectivity index (χ1) is 13.9. The molecule has 0 aliphatic carbocycles. The van der Waals surface area contributed by atoms with E-state index >= 15 is 0 Å². The molecule has 0 bridgehead atoms. The number of para-hydroxylation sites is 2. The van der Waals surface area contributed by atoms with Crippen LogP contribution in [0.4, 0.5) is 0 Å². The summed E-state index contributed by atoms with van der Waals surface area (Å²) in [6.07, 6.45) is 10.4. The van der Waals surface area contributed by atoms with E-state index in [9.17, 15) is 0 Å². The minimum absolute atomic E-state index is 1.12. The molecule has 0 fully saturated rings. The fourth-order valence-corrected chi connectivity index (χ4v) is 4.72. The van der Waals surface area contributed by atoms with Crippen molar-refractivity contribution >= 4 is 32.8 Å². The molecule has 0 saturated heterocycles. The van der Waals surface area contributed by atoms with Gasteiger partial charge in [-0.15, -0.1) is 0 Å². The highest BCUT2D eigenvalue weighted by Crippen LogP contribution is 2.37. The lowest BCUT2D eigenvalue weighted by molar-refractivity contribution is 0.600. The zero-order valence-electron chi connectivity index (χ0n) is 17.6. The number of benzene rings is 2. The number of fused-ring (bicyclic) bond motifs is 5. The number of nitrogens with zero attached hydrogens (tertiary/aromatic N) is 2. The number of aromatic nitrogens is 2. The predicted octanol–water partition coefficient (Wildman–Crippen LogP) is 7.91. The summed E-state index contributed by atoms with van der Waals surface area (Å²) in [6, 6.07) is 18.0. The summed E-state index contributed by atoms with van der Waals surface area (Å²) in [5, 5.41) is 2.83. The van der Waals surface area contributed by atoms with Gasteiger partial charge in [-0.2, -0.15) is 0 Å². The Hall–Kier alpha value is -2.22. The highest BCUT2D eigenvalue weighted by molar-refractivity contribution is 6.18. The highest BCUT2D eigenvalue weighted by Gasteiger charge is 2.19. The summed E-state index contributed by atoms with van der Waals surface area (Å²) in [5.41, 5.74) is 5.70. The molecule has 0 N–H and O–H groups in total. The first-order valence-corrected chi connectivity index (χ1v) is 11.3. The fraction of sp³-hybridized carbons (Fsp3) is 0.462. The minimum Gasteiger partial charge on any atom is -0.339 e. The van der Waals surface area contributed by atoms with Crippen LogP contribution in [0.1, 0.15) is 65.2 Å². The maximum absolute atomic E-state index is 2.60. The maximum atomic E-state index is 2.60. The molecule has 0 saturated carbocycles. The molecule has 2 heterocycles. The van der Waals surface area contributed by atoms with Crippen LogP contribution in [0.3, 0.4) is 0 Å². The summed E-state index contributed by atoms with van der Waals surface area (Å²) in [7, 11) is 0. The van der Waals surface area contributed by atoms with E-state index < -0.39 is 0 Å². The van der Waals surface area contributed by atoms with E-state index in [1.54, 1.807) is 0 Å². The van der Waals surface area contributed by atoms with Crippen LogP contribution >= 0.6 is 0 Å². The second-order valence-corrected chi connectivity index (χ2v) is 8.16. The predicted molar refractivity (Wildman–Crippen MR) is 123 cm³/mol. The lowest BCUT2D eigenvalue weighted by Gasteiger charge is -2.08. The Balaban J connectivity index is 1.85. The van der Waals surface area contributed by atoms with Gasteiger partial charge in [0.15, 0.2) is 0 Å². The molecule has 0 spiro atoms. The third kappa shape index (κ3) is 3.45. The normalized spacial score (nSPS) is 11.9. The topological polar surface area (TPSA) is 9.86 Å². The molecule has 28 heavy (non-hydrogen) atoms. The Morgan fingerprint density at radius 1 is 0.536 bits per heavy atom. The van der Waals surface area contributed by atoms with Crippen molar-refractivity contribution in [3.63, 3.8) is 0 Å². The van der Waals surface area contributed by atoms with Crippen molar-refractivity contribution < 1.29 is 0 Å². The molecule has 0 atom stereocenters. The van der Waals surface area contributed by atoms with Crippen LogP contribution in [-0.2, 0) is 13.1 Å². The van der Waals surface area contributed by atoms with Gasteiger partial charge >= 0.3 is 0 Å². The van der Waals surface area contributed by atoms with E-state index in [2.05, 4.69) is 71.5 Å². The van der Waals surface area contributed by atoms with Gasteiger partial charge in [0.1, 0.15) is 0 Å². The standard InChI is InChI=1S/C26H34N2/c1-3-5-7-13-19-27-23-17-11-9-15-21(23)26-25(27)22-16-10-12-18-24(22)28(26)20-14-8-6-4-2/h9-12,15-18H,3-8,13-14,19-20H2,1-2H3. The van der Waals surface area contributed by atoms with Gasteiger partial charge in [-0.05, 0) is 25.0 Å². The minimum atomic E-state index is 1.12. The van der Waals surface area contributed by atoms with E-state index in [0.29, 0.717) is 0 Å². The van der Waals surface area contributed by atoms with Crippen LogP contribution in [-0.4, -0.2) is 9.13 Å². The molecule has 0 radical (unpaired) electrons. The number of hydrogen-bond donors (Lipinski definition) is 0. The first kappa shape index (κ1) is 19.1. The smallest absolute Gasteiger partial charge is 0.0754 e. The summed E-state index contributed by atoms with van der Waals surface area (Å²) < 4.78 is 5.20. The number of unbranched alkanes of at least 4 members (excludes halogenated alkanes) is 6. The molecule has 2 heteroatoms. The largest absolute Gasteiger partial charge is 0.339 e. The van der Waals surface area contributed by atoms with Crippen LogP contribution in [0.5, 0.6) is 0 Å². The number of rotatable bonds is 10. The lowest BCUT2D eigenvalue weighted by atomic mass is 10.2. The van der Waals surface area contributed by atoms with Crippen molar-refractivity contribution in [3.05, 3.63) is 48.5 Å². The van der Waals surface area contributed by atoms with Crippen LogP contribution in [0, 0.1) is 0 Å². The maximum Gasteiger partial charge on any atom is 0.0754 e.